The summed E-state index contributed by atoms with van der Waals surface area (Å²) in [5.41, 5.74) is 8.87. The third-order valence-electron chi connectivity index (χ3n) is 13.5. The fraction of sp³-hybridized carbons (Fsp3) is 0.186. The number of hydrogen-bond acceptors (Lipinski definition) is 12. The van der Waals surface area contributed by atoms with Gasteiger partial charge < -0.3 is 26.5 Å². The average molecular weight is 945 g/mol. The van der Waals surface area contributed by atoms with E-state index < -0.39 is 33.8 Å². The minimum absolute atomic E-state index is 0.177. The fourth-order valence-electron chi connectivity index (χ4n) is 10.8. The first-order valence-electron chi connectivity index (χ1n) is 23.1. The molecule has 0 aliphatic heterocycles. The molecule has 12 aromatic rings. The van der Waals surface area contributed by atoms with Crippen LogP contribution in [0.1, 0.15) is 66.8 Å². The van der Waals surface area contributed by atoms with Crippen LogP contribution in [0.5, 0.6) is 0 Å². The van der Waals surface area contributed by atoms with Gasteiger partial charge in [0.05, 0.1) is 32.3 Å². The van der Waals surface area contributed by atoms with Crippen molar-refractivity contribution in [3.63, 3.8) is 0 Å². The van der Waals surface area contributed by atoms with Gasteiger partial charge >= 0.3 is 33.8 Å². The highest BCUT2D eigenvalue weighted by Gasteiger charge is 2.23. The summed E-state index contributed by atoms with van der Waals surface area (Å²) in [7, 11) is 0. The van der Waals surface area contributed by atoms with E-state index in [9.17, 15) is 28.8 Å². The van der Waals surface area contributed by atoms with Crippen LogP contribution >= 0.6 is 0 Å². The summed E-state index contributed by atoms with van der Waals surface area (Å²) in [5, 5.41) is 4.61. The first-order chi connectivity index (χ1) is 33.8. The van der Waals surface area contributed by atoms with Gasteiger partial charge in [0.25, 0.3) is 0 Å². The van der Waals surface area contributed by atoms with Crippen molar-refractivity contribution in [2.75, 3.05) is 0 Å². The summed E-state index contributed by atoms with van der Waals surface area (Å²) in [6.07, 6.45) is 0.406. The van der Waals surface area contributed by atoms with Crippen LogP contribution in [0, 0.1) is 69.2 Å². The van der Waals surface area contributed by atoms with Crippen molar-refractivity contribution in [1.82, 2.24) is 0 Å². The molecule has 12 rings (SSSR count). The van der Waals surface area contributed by atoms with Crippen LogP contribution in [-0.2, 0) is 6.42 Å². The van der Waals surface area contributed by atoms with Gasteiger partial charge in [0.1, 0.15) is 33.5 Å². The van der Waals surface area contributed by atoms with E-state index in [1.807, 2.05) is 142 Å². The first-order valence-corrected chi connectivity index (χ1v) is 23.1. The van der Waals surface area contributed by atoms with Crippen LogP contribution in [0.15, 0.2) is 128 Å². The van der Waals surface area contributed by atoms with Crippen LogP contribution in [0.3, 0.4) is 0 Å². The molecule has 6 aromatic carbocycles. The van der Waals surface area contributed by atoms with Gasteiger partial charge in [-0.25, -0.2) is 28.8 Å². The summed E-state index contributed by atoms with van der Waals surface area (Å²) in [6, 6.07) is 22.5. The molecule has 6 heterocycles. The molecule has 0 aliphatic rings. The molecular formula is C59H44O12. The van der Waals surface area contributed by atoms with Gasteiger partial charge in [-0.3, -0.25) is 0 Å². The van der Waals surface area contributed by atoms with E-state index in [-0.39, 0.29) is 21.5 Å². The maximum Gasteiger partial charge on any atom is 0.345 e. The third kappa shape index (κ3) is 7.03. The molecule has 0 amide bonds. The summed E-state index contributed by atoms with van der Waals surface area (Å²) in [4.78, 5) is 78.9. The zero-order chi connectivity index (χ0) is 50.2. The van der Waals surface area contributed by atoms with Gasteiger partial charge in [-0.05, 0) is 179 Å². The Morgan fingerprint density at radius 2 is 0.437 bits per heavy atom. The standard InChI is InChI=1S/C39H28O8.C20H16O4/c1-16-7-18(3)32-24(9-16)28-30(38(42)44-32)26-14-22(11-20(5)34(26)46-36(28)40)13-23-12-21(6)35-27(15-23)31-29(37(41)47-35)25-10-17(2)8-19(4)33(25)45-39(31)43;1-9-5-11(3)17-13(7-9)15-16(20(22)23-17)14-8-10(2)6-12(4)18(14)24-19(15)21/h7-12,14-15H,13H2,1-6H3;5-8H,1-4H3. The lowest BCUT2D eigenvalue weighted by atomic mass is 9.95. The topological polar surface area (TPSA) is 181 Å². The van der Waals surface area contributed by atoms with Crippen molar-refractivity contribution in [2.45, 2.75) is 75.7 Å². The van der Waals surface area contributed by atoms with Gasteiger partial charge in [-0.2, -0.15) is 0 Å². The average Bonchev–Trinajstić information content (AvgIpc) is 3.28. The summed E-state index contributed by atoms with van der Waals surface area (Å²) < 4.78 is 34.4. The fourth-order valence-corrected chi connectivity index (χ4v) is 10.8. The smallest absolute Gasteiger partial charge is 0.345 e. The van der Waals surface area contributed by atoms with E-state index in [1.165, 1.54) is 0 Å². The molecule has 0 saturated heterocycles. The molecule has 0 N–H and O–H groups in total. The molecular weight excluding hydrogens is 901 g/mol. The highest BCUT2D eigenvalue weighted by atomic mass is 16.4. The van der Waals surface area contributed by atoms with Crippen molar-refractivity contribution in [3.05, 3.63) is 202 Å². The molecule has 71 heavy (non-hydrogen) atoms. The number of rotatable bonds is 2. The summed E-state index contributed by atoms with van der Waals surface area (Å²) in [5.74, 6) is 0. The Morgan fingerprint density at radius 1 is 0.254 bits per heavy atom. The molecule has 0 atom stereocenters. The van der Waals surface area contributed by atoms with Gasteiger partial charge in [-0.1, -0.05) is 36.4 Å². The minimum atomic E-state index is -0.610. The molecule has 0 radical (unpaired) electrons. The normalized spacial score (nSPS) is 11.9. The van der Waals surface area contributed by atoms with Crippen LogP contribution in [0.25, 0.3) is 98.1 Å². The molecule has 352 valence electrons. The Hall–Kier alpha value is -8.64. The number of aryl methyl sites for hydroxylation is 10. The summed E-state index contributed by atoms with van der Waals surface area (Å²) in [6.45, 7) is 18.8. The predicted octanol–water partition coefficient (Wildman–Crippen LogP) is 12.1. The van der Waals surface area contributed by atoms with Crippen LogP contribution in [0.2, 0.25) is 0 Å². The maximum atomic E-state index is 13.5. The van der Waals surface area contributed by atoms with Crippen LogP contribution in [-0.4, -0.2) is 0 Å². The van der Waals surface area contributed by atoms with Crippen molar-refractivity contribution in [2.24, 2.45) is 0 Å². The first kappa shape index (κ1) is 44.8. The molecule has 6 aromatic heterocycles. The van der Waals surface area contributed by atoms with Gasteiger partial charge in [0, 0.05) is 32.3 Å². The Labute approximate surface area is 400 Å². The lowest BCUT2D eigenvalue weighted by Crippen LogP contribution is -2.11. The Morgan fingerprint density at radius 3 is 0.648 bits per heavy atom. The molecule has 0 unspecified atom stereocenters. The number of benzene rings is 6. The largest absolute Gasteiger partial charge is 0.422 e. The SMILES string of the molecule is Cc1cc(C)c2oc(=O)c3c4cc(C)cc(C)c4oc(=O)c3c2c1.Cc1cc(C)c2oc(=O)c3c4cc(Cc5cc(C)c6oc(=O)c7c8cc(C)cc(C)c8oc(=O)c7c6c5)cc(C)c4oc(=O)c3c2c1. The Balaban J connectivity index is 0.000000191. The zero-order valence-corrected chi connectivity index (χ0v) is 40.5. The molecule has 12 heteroatoms. The Kier molecular flexibility index (Phi) is 10.1. The number of hydrogen-bond donors (Lipinski definition) is 0. The van der Waals surface area contributed by atoms with Crippen molar-refractivity contribution < 1.29 is 26.5 Å². The van der Waals surface area contributed by atoms with Crippen molar-refractivity contribution >= 4 is 98.1 Å². The van der Waals surface area contributed by atoms with Gasteiger partial charge in [0.2, 0.25) is 0 Å². The second-order valence-corrected chi connectivity index (χ2v) is 19.2. The second-order valence-electron chi connectivity index (χ2n) is 19.2. The molecule has 0 bridgehead atoms. The van der Waals surface area contributed by atoms with Gasteiger partial charge in [0.15, 0.2) is 0 Å². The van der Waals surface area contributed by atoms with E-state index in [2.05, 4.69) is 0 Å². The van der Waals surface area contributed by atoms with E-state index in [0.717, 1.165) is 55.6 Å². The van der Waals surface area contributed by atoms with Crippen LogP contribution in [0.4, 0.5) is 0 Å². The van der Waals surface area contributed by atoms with Crippen LogP contribution < -0.4 is 33.8 Å². The monoisotopic (exact) mass is 944 g/mol. The number of fused-ring (bicyclic) bond motifs is 15. The van der Waals surface area contributed by atoms with E-state index >= 15 is 0 Å². The lowest BCUT2D eigenvalue weighted by Gasteiger charge is -2.12. The maximum absolute atomic E-state index is 13.5. The van der Waals surface area contributed by atoms with Crippen molar-refractivity contribution in [1.29, 1.82) is 0 Å². The highest BCUT2D eigenvalue weighted by Crippen LogP contribution is 2.35. The molecule has 12 nitrogen and oxygen atoms in total. The molecule has 0 fully saturated rings. The molecule has 0 spiro atoms. The minimum Gasteiger partial charge on any atom is -0.422 e. The van der Waals surface area contributed by atoms with Crippen molar-refractivity contribution in [3.8, 4) is 0 Å². The second kappa shape index (κ2) is 16.0. The third-order valence-corrected chi connectivity index (χ3v) is 13.5. The Bertz CT molecular complexity index is 4500. The van der Waals surface area contributed by atoms with E-state index in [0.29, 0.717) is 94.1 Å². The van der Waals surface area contributed by atoms with Gasteiger partial charge in [-0.15, -0.1) is 0 Å². The summed E-state index contributed by atoms with van der Waals surface area (Å²) >= 11 is 0. The molecule has 0 aliphatic carbocycles. The van der Waals surface area contributed by atoms with E-state index in [1.54, 1.807) is 0 Å². The lowest BCUT2D eigenvalue weighted by molar-refractivity contribution is 0.555. The zero-order valence-electron chi connectivity index (χ0n) is 40.5. The quantitative estimate of drug-likeness (QED) is 0.118. The highest BCUT2D eigenvalue weighted by molar-refractivity contribution is 6.16. The van der Waals surface area contributed by atoms with E-state index in [4.69, 9.17) is 26.5 Å². The predicted molar refractivity (Wildman–Crippen MR) is 278 cm³/mol. The molecule has 0 saturated carbocycles.